The molecule has 1 fully saturated rings. The second-order valence-corrected chi connectivity index (χ2v) is 6.37. The largest absolute Gasteiger partial charge is 0.376 e. The van der Waals surface area contributed by atoms with Gasteiger partial charge in [-0.1, -0.05) is 24.3 Å². The van der Waals surface area contributed by atoms with E-state index in [1.54, 1.807) is 35.2 Å². The fraction of sp³-hybridized carbons (Fsp3) is 0.286. The lowest BCUT2D eigenvalue weighted by Gasteiger charge is -2.24. The van der Waals surface area contributed by atoms with E-state index in [-0.39, 0.29) is 23.6 Å². The molecule has 0 unspecified atom stereocenters. The first-order valence-electron chi connectivity index (χ1n) is 8.69. The van der Waals surface area contributed by atoms with Crippen molar-refractivity contribution < 1.29 is 18.3 Å². The Morgan fingerprint density at radius 2 is 1.96 bits per heavy atom. The Morgan fingerprint density at radius 1 is 1.15 bits per heavy atom. The van der Waals surface area contributed by atoms with Crippen LogP contribution in [-0.2, 0) is 16.1 Å². The molecule has 0 spiro atoms. The molecule has 26 heavy (non-hydrogen) atoms. The van der Waals surface area contributed by atoms with Gasteiger partial charge in [-0.15, -0.1) is 0 Å². The third-order valence-electron chi connectivity index (χ3n) is 4.31. The van der Waals surface area contributed by atoms with Crippen LogP contribution in [0.25, 0.3) is 6.08 Å². The van der Waals surface area contributed by atoms with Crippen LogP contribution in [-0.4, -0.2) is 30.1 Å². The van der Waals surface area contributed by atoms with Gasteiger partial charge in [0.2, 0.25) is 5.91 Å². The summed E-state index contributed by atoms with van der Waals surface area (Å²) in [5.41, 5.74) is 1.47. The van der Waals surface area contributed by atoms with E-state index in [9.17, 15) is 13.6 Å². The van der Waals surface area contributed by atoms with Crippen LogP contribution in [0.3, 0.4) is 0 Å². The van der Waals surface area contributed by atoms with Crippen molar-refractivity contribution in [2.24, 2.45) is 0 Å². The maximum Gasteiger partial charge on any atom is 0.246 e. The van der Waals surface area contributed by atoms with Crippen molar-refractivity contribution in [2.75, 3.05) is 13.2 Å². The van der Waals surface area contributed by atoms with Crippen molar-refractivity contribution in [1.29, 1.82) is 0 Å². The second kappa shape index (κ2) is 8.72. The van der Waals surface area contributed by atoms with Crippen LogP contribution in [0.15, 0.2) is 54.6 Å². The summed E-state index contributed by atoms with van der Waals surface area (Å²) in [5, 5.41) is 0. The molecular formula is C21H21F2NO2. The van der Waals surface area contributed by atoms with Crippen LogP contribution < -0.4 is 0 Å². The molecule has 0 radical (unpaired) electrons. The number of ether oxygens (including phenoxy) is 1. The zero-order chi connectivity index (χ0) is 18.4. The zero-order valence-electron chi connectivity index (χ0n) is 14.4. The van der Waals surface area contributed by atoms with E-state index < -0.39 is 0 Å². The number of carbonyl (C=O) groups excluding carboxylic acids is 1. The van der Waals surface area contributed by atoms with Gasteiger partial charge in [0.05, 0.1) is 6.10 Å². The molecule has 0 aromatic heterocycles. The highest BCUT2D eigenvalue weighted by molar-refractivity contribution is 5.91. The van der Waals surface area contributed by atoms with Crippen LogP contribution in [0.5, 0.6) is 0 Å². The average molecular weight is 357 g/mol. The lowest BCUT2D eigenvalue weighted by Crippen LogP contribution is -2.35. The molecule has 0 saturated carbocycles. The van der Waals surface area contributed by atoms with Crippen LogP contribution >= 0.6 is 0 Å². The summed E-state index contributed by atoms with van der Waals surface area (Å²) >= 11 is 0. The van der Waals surface area contributed by atoms with E-state index >= 15 is 0 Å². The predicted octanol–water partition coefficient (Wildman–Crippen LogP) is 4.19. The van der Waals surface area contributed by atoms with Crippen LogP contribution in [0.4, 0.5) is 8.78 Å². The third kappa shape index (κ3) is 5.23. The maximum absolute atomic E-state index is 13.5. The number of benzene rings is 2. The molecule has 0 bridgehead atoms. The highest BCUT2D eigenvalue weighted by atomic mass is 19.1. The molecule has 0 N–H and O–H groups in total. The van der Waals surface area contributed by atoms with Crippen molar-refractivity contribution in [3.8, 4) is 0 Å². The molecule has 1 saturated heterocycles. The van der Waals surface area contributed by atoms with E-state index in [1.165, 1.54) is 30.3 Å². The number of nitrogens with zero attached hydrogens (tertiary/aromatic N) is 1. The van der Waals surface area contributed by atoms with E-state index in [4.69, 9.17) is 4.74 Å². The van der Waals surface area contributed by atoms with Gasteiger partial charge in [0.25, 0.3) is 0 Å². The minimum absolute atomic E-state index is 0.00623. The van der Waals surface area contributed by atoms with Crippen molar-refractivity contribution in [2.45, 2.75) is 25.5 Å². The number of carbonyl (C=O) groups is 1. The summed E-state index contributed by atoms with van der Waals surface area (Å²) in [6, 6.07) is 12.1. The molecule has 0 aliphatic carbocycles. The lowest BCUT2D eigenvalue weighted by atomic mass is 10.1. The molecule has 3 rings (SSSR count). The molecule has 3 nitrogen and oxygen atoms in total. The SMILES string of the molecule is O=C(/C=C\c1ccc(F)cc1)N(Cc1cccc(F)c1)C[C@H]1CCCO1. The summed E-state index contributed by atoms with van der Waals surface area (Å²) in [6.45, 7) is 1.48. The van der Waals surface area contributed by atoms with Gasteiger partial charge in [-0.25, -0.2) is 8.78 Å². The summed E-state index contributed by atoms with van der Waals surface area (Å²) in [6.07, 6.45) is 5.01. The van der Waals surface area contributed by atoms with Crippen molar-refractivity contribution in [1.82, 2.24) is 4.90 Å². The Balaban J connectivity index is 1.72. The third-order valence-corrected chi connectivity index (χ3v) is 4.31. The Labute approximate surface area is 151 Å². The number of rotatable bonds is 6. The molecule has 1 amide bonds. The quantitative estimate of drug-likeness (QED) is 0.726. The van der Waals surface area contributed by atoms with Gasteiger partial charge in [-0.05, 0) is 54.3 Å². The molecule has 2 aromatic rings. The van der Waals surface area contributed by atoms with E-state index in [2.05, 4.69) is 0 Å². The summed E-state index contributed by atoms with van der Waals surface area (Å²) in [7, 11) is 0. The normalized spacial score (nSPS) is 16.9. The minimum Gasteiger partial charge on any atom is -0.376 e. The predicted molar refractivity (Wildman–Crippen MR) is 96.2 cm³/mol. The highest BCUT2D eigenvalue weighted by Gasteiger charge is 2.21. The molecular weight excluding hydrogens is 336 g/mol. The Bertz CT molecular complexity index is 768. The van der Waals surface area contributed by atoms with Gasteiger partial charge in [0.15, 0.2) is 0 Å². The zero-order valence-corrected chi connectivity index (χ0v) is 14.4. The summed E-state index contributed by atoms with van der Waals surface area (Å²) in [5.74, 6) is -0.831. The molecule has 2 aromatic carbocycles. The standard InChI is InChI=1S/C21H21F2NO2/c22-18-9-6-16(7-10-18)8-11-21(25)24(15-20-5-2-12-26-20)14-17-3-1-4-19(23)13-17/h1,3-4,6-11,13,20H,2,5,12,14-15H2/b11-8-/t20-/m1/s1. The van der Waals surface area contributed by atoms with Gasteiger partial charge in [-0.3, -0.25) is 4.79 Å². The van der Waals surface area contributed by atoms with Gasteiger partial charge >= 0.3 is 0 Å². The molecule has 5 heteroatoms. The Morgan fingerprint density at radius 3 is 2.65 bits per heavy atom. The summed E-state index contributed by atoms with van der Waals surface area (Å²) < 4.78 is 32.1. The fourth-order valence-electron chi connectivity index (χ4n) is 2.97. The molecule has 1 aliphatic rings. The number of halogens is 2. The molecule has 1 aliphatic heterocycles. The van der Waals surface area contributed by atoms with Gasteiger partial charge in [0, 0.05) is 25.8 Å². The number of amides is 1. The lowest BCUT2D eigenvalue weighted by molar-refractivity contribution is -0.128. The monoisotopic (exact) mass is 357 g/mol. The van der Waals surface area contributed by atoms with Crippen molar-refractivity contribution in [3.63, 3.8) is 0 Å². The minimum atomic E-state index is -0.325. The molecule has 1 atom stereocenters. The average Bonchev–Trinajstić information content (AvgIpc) is 3.13. The van der Waals surface area contributed by atoms with E-state index in [0.29, 0.717) is 19.7 Å². The fourth-order valence-corrected chi connectivity index (χ4v) is 2.97. The maximum atomic E-state index is 13.5. The van der Waals surface area contributed by atoms with Crippen LogP contribution in [0, 0.1) is 11.6 Å². The van der Waals surface area contributed by atoms with Crippen molar-refractivity contribution >= 4 is 12.0 Å². The van der Waals surface area contributed by atoms with Gasteiger partial charge in [0.1, 0.15) is 11.6 Å². The second-order valence-electron chi connectivity index (χ2n) is 6.37. The van der Waals surface area contributed by atoms with Gasteiger partial charge in [-0.2, -0.15) is 0 Å². The number of hydrogen-bond acceptors (Lipinski definition) is 2. The Hall–Kier alpha value is -2.53. The topological polar surface area (TPSA) is 29.5 Å². The van der Waals surface area contributed by atoms with E-state index in [1.807, 2.05) is 0 Å². The highest BCUT2D eigenvalue weighted by Crippen LogP contribution is 2.16. The molecule has 1 heterocycles. The van der Waals surface area contributed by atoms with E-state index in [0.717, 1.165) is 24.0 Å². The van der Waals surface area contributed by atoms with Gasteiger partial charge < -0.3 is 9.64 Å². The van der Waals surface area contributed by atoms with Crippen molar-refractivity contribution in [3.05, 3.63) is 77.4 Å². The smallest absolute Gasteiger partial charge is 0.246 e. The molecule has 136 valence electrons. The summed E-state index contributed by atoms with van der Waals surface area (Å²) in [4.78, 5) is 14.3. The van der Waals surface area contributed by atoms with Crippen LogP contribution in [0.2, 0.25) is 0 Å². The first kappa shape index (κ1) is 18.3. The first-order chi connectivity index (χ1) is 12.6. The number of hydrogen-bond donors (Lipinski definition) is 0. The first-order valence-corrected chi connectivity index (χ1v) is 8.69. The van der Waals surface area contributed by atoms with Crippen LogP contribution in [0.1, 0.15) is 24.0 Å². The Kier molecular flexibility index (Phi) is 6.12.